The van der Waals surface area contributed by atoms with Crippen molar-refractivity contribution in [3.05, 3.63) is 42.0 Å². The summed E-state index contributed by atoms with van der Waals surface area (Å²) in [5, 5.41) is 17.7. The van der Waals surface area contributed by atoms with Gasteiger partial charge in [0.2, 0.25) is 5.91 Å². The van der Waals surface area contributed by atoms with Crippen LogP contribution < -0.4 is 15.4 Å². The molecule has 266 valence electrons. The highest BCUT2D eigenvalue weighted by molar-refractivity contribution is 5.95. The summed E-state index contributed by atoms with van der Waals surface area (Å²) in [6.07, 6.45) is 13.6. The lowest BCUT2D eigenvalue weighted by atomic mass is 9.62. The number of aryl methyl sites for hydroxylation is 1. The third-order valence-corrected chi connectivity index (χ3v) is 12.9. The molecule has 6 aliphatic rings. The summed E-state index contributed by atoms with van der Waals surface area (Å²) in [5.41, 5.74) is 0.861. The van der Waals surface area contributed by atoms with Crippen LogP contribution in [0.15, 0.2) is 30.9 Å². The van der Waals surface area contributed by atoms with Gasteiger partial charge < -0.3 is 19.3 Å². The predicted octanol–water partition coefficient (Wildman–Crippen LogP) is 4.27. The highest BCUT2D eigenvalue weighted by atomic mass is 16.5. The standard InChI is InChI=1S/C39H56N6O4/c1-4-34(46)45-22-21-44(25-30(45)17-19-40)39(29-11-8-6-5-7-9-12-29)32-16-18-38(24-28-23-27(2)14-15-33(28)49-38)36(47)35(32)41-37(42-39)48-26-31-13-10-20-43(31)3/h4,14-15,23,29-32,35,37,41-42H,1,5-13,16-18,20-22,24-26H2,2-3H3/t30?,31?,32?,35?,37?,38-,39?/m0/s1. The minimum Gasteiger partial charge on any atom is -0.479 e. The normalized spacial score (nSPS) is 36.0. The number of ketones is 1. The van der Waals surface area contributed by atoms with Gasteiger partial charge in [0, 0.05) is 38.0 Å². The number of Topliss-reactive ketones (excluding diaryl/α,β-unsaturated/α-hetero) is 1. The number of nitriles is 1. The molecule has 7 atom stereocenters. The van der Waals surface area contributed by atoms with E-state index in [-0.39, 0.29) is 30.1 Å². The molecule has 7 rings (SSSR count). The number of nitrogens with zero attached hydrogens (tertiary/aromatic N) is 4. The van der Waals surface area contributed by atoms with Crippen LogP contribution in [0.25, 0.3) is 0 Å². The van der Waals surface area contributed by atoms with Crippen LogP contribution in [0.3, 0.4) is 0 Å². The summed E-state index contributed by atoms with van der Waals surface area (Å²) < 4.78 is 13.5. The van der Waals surface area contributed by atoms with Gasteiger partial charge in [0.15, 0.2) is 17.7 Å². The summed E-state index contributed by atoms with van der Waals surface area (Å²) in [5.74, 6) is 1.11. The summed E-state index contributed by atoms with van der Waals surface area (Å²) in [4.78, 5) is 34.9. The van der Waals surface area contributed by atoms with E-state index in [0.717, 1.165) is 56.4 Å². The van der Waals surface area contributed by atoms with E-state index >= 15 is 4.79 Å². The SMILES string of the molecule is C=CC(=O)N1CCN(C2(C3CCCCCCC3)NC(OCC3CCCN3C)NC3C(=O)[C@]4(CCC32)Cc2cc(C)ccc2O4)CC1CC#N. The molecule has 10 nitrogen and oxygen atoms in total. The van der Waals surface area contributed by atoms with Crippen molar-refractivity contribution in [1.29, 1.82) is 5.26 Å². The Morgan fingerprint density at radius 3 is 2.63 bits per heavy atom. The Kier molecular flexibility index (Phi) is 10.2. The Balaban J connectivity index is 1.27. The van der Waals surface area contributed by atoms with Crippen LogP contribution in [0.4, 0.5) is 0 Å². The number of hydrogen-bond acceptors (Lipinski definition) is 9. The maximum Gasteiger partial charge on any atom is 0.246 e. The fraction of sp³-hybridized carbons (Fsp3) is 0.718. The van der Waals surface area contributed by atoms with Crippen LogP contribution in [-0.4, -0.2) is 102 Å². The molecule has 3 saturated heterocycles. The molecule has 1 amide bonds. The van der Waals surface area contributed by atoms with Gasteiger partial charge in [0.05, 0.1) is 36.8 Å². The minimum atomic E-state index is -0.886. The van der Waals surface area contributed by atoms with Gasteiger partial charge in [-0.3, -0.25) is 25.1 Å². The lowest BCUT2D eigenvalue weighted by Gasteiger charge is -2.63. The molecule has 6 unspecified atom stereocenters. The molecule has 4 heterocycles. The lowest BCUT2D eigenvalue weighted by Crippen LogP contribution is -2.83. The summed E-state index contributed by atoms with van der Waals surface area (Å²) >= 11 is 0. The first-order chi connectivity index (χ1) is 23.8. The zero-order chi connectivity index (χ0) is 34.2. The van der Waals surface area contributed by atoms with Crippen LogP contribution in [0.1, 0.15) is 88.2 Å². The number of carbonyl (C=O) groups is 2. The van der Waals surface area contributed by atoms with E-state index in [9.17, 15) is 10.1 Å². The number of hydrogen-bond donors (Lipinski definition) is 2. The number of rotatable bonds is 7. The van der Waals surface area contributed by atoms with Gasteiger partial charge in [-0.1, -0.05) is 56.4 Å². The minimum absolute atomic E-state index is 0.0255. The van der Waals surface area contributed by atoms with Crippen molar-refractivity contribution in [2.45, 2.75) is 126 Å². The van der Waals surface area contributed by atoms with Gasteiger partial charge in [-0.15, -0.1) is 0 Å². The van der Waals surface area contributed by atoms with Crippen molar-refractivity contribution < 1.29 is 19.1 Å². The highest BCUT2D eigenvalue weighted by Crippen LogP contribution is 2.51. The monoisotopic (exact) mass is 672 g/mol. The van der Waals surface area contributed by atoms with E-state index in [1.807, 2.05) is 11.0 Å². The molecule has 2 saturated carbocycles. The summed E-state index contributed by atoms with van der Waals surface area (Å²) in [7, 11) is 2.17. The lowest BCUT2D eigenvalue weighted by molar-refractivity contribution is -0.192. The van der Waals surface area contributed by atoms with E-state index in [2.05, 4.69) is 59.2 Å². The van der Waals surface area contributed by atoms with Crippen LogP contribution in [0.5, 0.6) is 5.75 Å². The number of amides is 1. The molecule has 5 fully saturated rings. The molecule has 0 aromatic heterocycles. The highest BCUT2D eigenvalue weighted by Gasteiger charge is 2.64. The number of benzene rings is 1. The molecule has 0 radical (unpaired) electrons. The third kappa shape index (κ3) is 6.46. The molecular formula is C39H56N6O4. The molecule has 1 spiro atoms. The second-order valence-electron chi connectivity index (χ2n) is 15.7. The number of likely N-dealkylation sites (N-methyl/N-ethyl adjacent to an activating group) is 1. The molecule has 49 heavy (non-hydrogen) atoms. The quantitative estimate of drug-likeness (QED) is 0.411. The zero-order valence-corrected chi connectivity index (χ0v) is 29.6. The van der Waals surface area contributed by atoms with E-state index < -0.39 is 23.7 Å². The maximum absolute atomic E-state index is 15.1. The smallest absolute Gasteiger partial charge is 0.246 e. The Labute approximate surface area is 292 Å². The van der Waals surface area contributed by atoms with E-state index in [4.69, 9.17) is 9.47 Å². The van der Waals surface area contributed by atoms with Gasteiger partial charge in [0.1, 0.15) is 5.75 Å². The van der Waals surface area contributed by atoms with Crippen molar-refractivity contribution in [3.8, 4) is 11.8 Å². The average molecular weight is 673 g/mol. The number of piperazine rings is 1. The molecule has 1 aromatic carbocycles. The Hall–Kier alpha value is -2.81. The molecule has 2 aliphatic carbocycles. The number of likely N-dealkylation sites (tertiary alicyclic amines) is 1. The second kappa shape index (κ2) is 14.4. The van der Waals surface area contributed by atoms with Crippen molar-refractivity contribution in [2.24, 2.45) is 11.8 Å². The van der Waals surface area contributed by atoms with Crippen LogP contribution in [0.2, 0.25) is 0 Å². The van der Waals surface area contributed by atoms with Crippen molar-refractivity contribution >= 4 is 11.7 Å². The molecular weight excluding hydrogens is 616 g/mol. The first-order valence-electron chi connectivity index (χ1n) is 19.0. The number of ether oxygens (including phenoxy) is 2. The predicted molar refractivity (Wildman–Crippen MR) is 187 cm³/mol. The first-order valence-corrected chi connectivity index (χ1v) is 19.0. The molecule has 0 bridgehead atoms. The van der Waals surface area contributed by atoms with Gasteiger partial charge in [0.25, 0.3) is 0 Å². The Bertz CT molecular complexity index is 1440. The van der Waals surface area contributed by atoms with Gasteiger partial charge in [-0.25, -0.2) is 0 Å². The van der Waals surface area contributed by atoms with Crippen molar-refractivity contribution in [3.63, 3.8) is 0 Å². The number of nitrogens with one attached hydrogen (secondary N) is 2. The van der Waals surface area contributed by atoms with Crippen molar-refractivity contribution in [2.75, 3.05) is 39.8 Å². The molecule has 1 aromatic rings. The number of fused-ring (bicyclic) bond motifs is 2. The van der Waals surface area contributed by atoms with E-state index in [1.165, 1.54) is 37.3 Å². The summed E-state index contributed by atoms with van der Waals surface area (Å²) in [6.45, 7) is 9.25. The number of carbonyl (C=O) groups excluding carboxylic acids is 2. The van der Waals surface area contributed by atoms with Gasteiger partial charge in [-0.05, 0) is 82.7 Å². The zero-order valence-electron chi connectivity index (χ0n) is 29.6. The Morgan fingerprint density at radius 2 is 1.90 bits per heavy atom. The summed E-state index contributed by atoms with van der Waals surface area (Å²) in [6, 6.07) is 8.26. The second-order valence-corrected chi connectivity index (χ2v) is 15.7. The van der Waals surface area contributed by atoms with Crippen molar-refractivity contribution in [1.82, 2.24) is 25.3 Å². The van der Waals surface area contributed by atoms with Gasteiger partial charge in [-0.2, -0.15) is 5.26 Å². The van der Waals surface area contributed by atoms with Crippen LogP contribution in [0, 0.1) is 30.1 Å². The molecule has 4 aliphatic heterocycles. The fourth-order valence-electron chi connectivity index (χ4n) is 10.4. The van der Waals surface area contributed by atoms with E-state index in [0.29, 0.717) is 51.0 Å². The van der Waals surface area contributed by atoms with E-state index in [1.54, 1.807) is 0 Å². The maximum atomic E-state index is 15.1. The largest absolute Gasteiger partial charge is 0.479 e. The average Bonchev–Trinajstić information content (AvgIpc) is 3.67. The van der Waals surface area contributed by atoms with Gasteiger partial charge >= 0.3 is 0 Å². The van der Waals surface area contributed by atoms with Crippen LogP contribution >= 0.6 is 0 Å². The first kappa shape index (κ1) is 34.6. The van der Waals surface area contributed by atoms with Crippen LogP contribution in [-0.2, 0) is 20.7 Å². The third-order valence-electron chi connectivity index (χ3n) is 12.9. The topological polar surface area (TPSA) is 110 Å². The Morgan fingerprint density at radius 1 is 1.10 bits per heavy atom. The molecule has 10 heteroatoms. The fourth-order valence-corrected chi connectivity index (χ4v) is 10.4. The molecule has 2 N–H and O–H groups in total.